The van der Waals surface area contributed by atoms with Crippen LogP contribution in [-0.4, -0.2) is 50.1 Å². The van der Waals surface area contributed by atoms with Crippen molar-refractivity contribution in [3.8, 4) is 12.3 Å². The lowest BCUT2D eigenvalue weighted by Crippen LogP contribution is -2.39. The molecule has 0 saturated carbocycles. The lowest BCUT2D eigenvalue weighted by molar-refractivity contribution is -0.135. The van der Waals surface area contributed by atoms with Gasteiger partial charge in [0.15, 0.2) is 6.29 Å². The molecule has 1 atom stereocenters. The number of terminal acetylenes is 1. The van der Waals surface area contributed by atoms with Crippen LogP contribution in [0.1, 0.15) is 25.7 Å². The number of amides is 2. The molecule has 1 saturated heterocycles. The number of imide groups is 1. The van der Waals surface area contributed by atoms with Crippen molar-refractivity contribution in [1.29, 1.82) is 0 Å². The quantitative estimate of drug-likeness (QED) is 0.370. The van der Waals surface area contributed by atoms with Crippen molar-refractivity contribution >= 4 is 12.0 Å². The molecule has 1 rings (SSSR count). The number of methoxy groups -OCH3 is 2. The van der Waals surface area contributed by atoms with Crippen molar-refractivity contribution in [3.63, 3.8) is 0 Å². The average molecular weight is 321 g/mol. The minimum atomic E-state index is -0.581. The summed E-state index contributed by atoms with van der Waals surface area (Å²) in [5, 5.41) is 0. The van der Waals surface area contributed by atoms with E-state index in [0.717, 1.165) is 6.42 Å². The highest BCUT2D eigenvalue weighted by Crippen LogP contribution is 2.19. The second-order valence-corrected chi connectivity index (χ2v) is 4.97. The summed E-state index contributed by atoms with van der Waals surface area (Å²) in [5.41, 5.74) is 0. The summed E-state index contributed by atoms with van der Waals surface area (Å²) >= 11 is 0. The van der Waals surface area contributed by atoms with Crippen molar-refractivity contribution < 1.29 is 23.8 Å². The third-order valence-corrected chi connectivity index (χ3v) is 3.46. The maximum absolute atomic E-state index is 12.2. The zero-order valence-electron chi connectivity index (χ0n) is 13.6. The summed E-state index contributed by atoms with van der Waals surface area (Å²) in [7, 11) is 3.01. The summed E-state index contributed by atoms with van der Waals surface area (Å²) in [6, 6.07) is -0.236. The van der Waals surface area contributed by atoms with E-state index in [4.69, 9.17) is 20.6 Å². The summed E-state index contributed by atoms with van der Waals surface area (Å²) in [6.45, 7) is 0.233. The lowest BCUT2D eigenvalue weighted by atomic mass is 10.1. The van der Waals surface area contributed by atoms with Crippen LogP contribution in [0.5, 0.6) is 0 Å². The Labute approximate surface area is 137 Å². The fourth-order valence-electron chi connectivity index (χ4n) is 2.25. The summed E-state index contributed by atoms with van der Waals surface area (Å²) in [4.78, 5) is 25.2. The molecule has 126 valence electrons. The molecule has 0 aromatic heterocycles. The van der Waals surface area contributed by atoms with Crippen LogP contribution in [0.15, 0.2) is 24.3 Å². The van der Waals surface area contributed by atoms with E-state index >= 15 is 0 Å². The van der Waals surface area contributed by atoms with E-state index in [1.165, 1.54) is 19.1 Å². The molecule has 0 aromatic rings. The Kier molecular flexibility index (Phi) is 8.73. The zero-order valence-corrected chi connectivity index (χ0v) is 13.6. The van der Waals surface area contributed by atoms with Crippen molar-refractivity contribution in [3.05, 3.63) is 24.3 Å². The number of ether oxygens (including phenoxy) is 3. The van der Waals surface area contributed by atoms with E-state index in [0.29, 0.717) is 12.8 Å². The fraction of sp³-hybridized carbons (Fsp3) is 0.529. The van der Waals surface area contributed by atoms with Crippen molar-refractivity contribution in [2.75, 3.05) is 20.8 Å². The van der Waals surface area contributed by atoms with Crippen LogP contribution in [0.2, 0.25) is 0 Å². The molecule has 0 spiro atoms. The predicted molar refractivity (Wildman–Crippen MR) is 85.4 cm³/mol. The predicted octanol–water partition coefficient (Wildman–Crippen LogP) is 2.26. The number of cyclic esters (lactones) is 1. The van der Waals surface area contributed by atoms with Crippen LogP contribution in [0.4, 0.5) is 4.79 Å². The molecular weight excluding hydrogens is 298 g/mol. The van der Waals surface area contributed by atoms with Gasteiger partial charge in [-0.2, -0.15) is 0 Å². The van der Waals surface area contributed by atoms with Crippen LogP contribution in [0.25, 0.3) is 0 Å². The van der Waals surface area contributed by atoms with Crippen molar-refractivity contribution in [2.24, 2.45) is 0 Å². The molecular formula is C17H23NO5. The van der Waals surface area contributed by atoms with Gasteiger partial charge in [0, 0.05) is 27.1 Å². The third kappa shape index (κ3) is 6.27. The molecule has 6 nitrogen and oxygen atoms in total. The monoisotopic (exact) mass is 321 g/mol. The van der Waals surface area contributed by atoms with Gasteiger partial charge in [-0.05, 0) is 18.9 Å². The maximum atomic E-state index is 12.2. The standard InChI is InChI=1S/C17H23NO5/c1-4-5-6-7-8-9-10-14-13-23-17(20)18(14)15(19)11-12-16(21-2)22-3/h1,5-8,14,16H,9-13H2,2-3H3/b6-5-,8-7-. The van der Waals surface area contributed by atoms with Gasteiger partial charge in [0.2, 0.25) is 5.91 Å². The first-order valence-corrected chi connectivity index (χ1v) is 7.46. The number of nitrogens with zero attached hydrogens (tertiary/aromatic N) is 1. The van der Waals surface area contributed by atoms with E-state index in [1.54, 1.807) is 12.2 Å². The Morgan fingerprint density at radius 3 is 2.87 bits per heavy atom. The molecule has 0 bridgehead atoms. The molecule has 1 heterocycles. The van der Waals surface area contributed by atoms with E-state index in [9.17, 15) is 9.59 Å². The maximum Gasteiger partial charge on any atom is 0.416 e. The van der Waals surface area contributed by atoms with Crippen molar-refractivity contribution in [2.45, 2.75) is 38.0 Å². The molecule has 0 aliphatic carbocycles. The third-order valence-electron chi connectivity index (χ3n) is 3.46. The Balaban J connectivity index is 2.48. The molecule has 1 unspecified atom stereocenters. The summed E-state index contributed by atoms with van der Waals surface area (Å²) < 4.78 is 15.1. The largest absolute Gasteiger partial charge is 0.447 e. The summed E-state index contributed by atoms with van der Waals surface area (Å²) in [5.74, 6) is 2.12. The smallest absolute Gasteiger partial charge is 0.416 e. The molecule has 1 aliphatic rings. The Hall–Kier alpha value is -2.10. The first-order chi connectivity index (χ1) is 11.1. The molecule has 1 aliphatic heterocycles. The topological polar surface area (TPSA) is 65.1 Å². The molecule has 6 heteroatoms. The molecule has 0 N–H and O–H groups in total. The zero-order chi connectivity index (χ0) is 17.1. The molecule has 0 radical (unpaired) electrons. The van der Waals surface area contributed by atoms with Crippen LogP contribution in [0.3, 0.4) is 0 Å². The molecule has 23 heavy (non-hydrogen) atoms. The highest BCUT2D eigenvalue weighted by molar-refractivity contribution is 5.93. The normalized spacial score (nSPS) is 18.1. The van der Waals surface area contributed by atoms with Gasteiger partial charge in [0.25, 0.3) is 0 Å². The number of rotatable bonds is 9. The number of hydrogen-bond donors (Lipinski definition) is 0. The van der Waals surface area contributed by atoms with Gasteiger partial charge >= 0.3 is 6.09 Å². The number of carbonyl (C=O) groups is 2. The van der Waals surface area contributed by atoms with E-state index in [2.05, 4.69) is 5.92 Å². The van der Waals surface area contributed by atoms with Gasteiger partial charge in [0.05, 0.1) is 6.04 Å². The average Bonchev–Trinajstić information content (AvgIpc) is 2.92. The van der Waals surface area contributed by atoms with Gasteiger partial charge in [-0.1, -0.05) is 24.1 Å². The van der Waals surface area contributed by atoms with Crippen LogP contribution in [-0.2, 0) is 19.0 Å². The van der Waals surface area contributed by atoms with Crippen LogP contribution >= 0.6 is 0 Å². The van der Waals surface area contributed by atoms with E-state index in [-0.39, 0.29) is 25.0 Å². The Bertz CT molecular complexity index is 488. The Morgan fingerprint density at radius 2 is 2.22 bits per heavy atom. The van der Waals surface area contributed by atoms with Crippen LogP contribution < -0.4 is 0 Å². The van der Waals surface area contributed by atoms with Crippen molar-refractivity contribution in [1.82, 2.24) is 4.90 Å². The summed E-state index contributed by atoms with van der Waals surface area (Å²) in [6.07, 6.45) is 13.1. The highest BCUT2D eigenvalue weighted by atomic mass is 16.7. The number of allylic oxidation sites excluding steroid dienone is 4. The van der Waals surface area contributed by atoms with Gasteiger partial charge in [-0.25, -0.2) is 9.69 Å². The van der Waals surface area contributed by atoms with Crippen LogP contribution in [0, 0.1) is 12.3 Å². The SMILES string of the molecule is C#C/C=C\C=C/CCC1COC(=O)N1C(=O)CCC(OC)OC. The second kappa shape index (κ2) is 10.6. The van der Waals surface area contributed by atoms with Gasteiger partial charge < -0.3 is 14.2 Å². The fourth-order valence-corrected chi connectivity index (χ4v) is 2.25. The first kappa shape index (κ1) is 18.9. The van der Waals surface area contributed by atoms with Gasteiger partial charge in [-0.3, -0.25) is 4.79 Å². The molecule has 1 fully saturated rings. The van der Waals surface area contributed by atoms with E-state index < -0.39 is 12.4 Å². The molecule has 0 aromatic carbocycles. The minimum absolute atomic E-state index is 0.165. The van der Waals surface area contributed by atoms with Gasteiger partial charge in [0.1, 0.15) is 6.61 Å². The van der Waals surface area contributed by atoms with E-state index in [1.807, 2.05) is 12.2 Å². The number of hydrogen-bond acceptors (Lipinski definition) is 5. The highest BCUT2D eigenvalue weighted by Gasteiger charge is 2.37. The first-order valence-electron chi connectivity index (χ1n) is 7.46. The minimum Gasteiger partial charge on any atom is -0.447 e. The second-order valence-electron chi connectivity index (χ2n) is 4.97. The lowest BCUT2D eigenvalue weighted by Gasteiger charge is -2.20. The van der Waals surface area contributed by atoms with Gasteiger partial charge in [-0.15, -0.1) is 6.42 Å². The molecule has 2 amide bonds. The Morgan fingerprint density at radius 1 is 1.48 bits per heavy atom. The number of carbonyl (C=O) groups excluding carboxylic acids is 2.